The predicted molar refractivity (Wildman–Crippen MR) is 78.0 cm³/mol. The standard InChI is InChI=1S/C15H17NO3S/c17-14(16-9-20-8-13(16)15(18)19)12-6-5-10-3-1-2-4-11(10)7-12/h5-7,13H,1-4,8-9H2,(H,18,19). The average molecular weight is 291 g/mol. The van der Waals surface area contributed by atoms with Gasteiger partial charge in [0.2, 0.25) is 0 Å². The molecular formula is C15H17NO3S. The van der Waals surface area contributed by atoms with E-state index >= 15 is 0 Å². The van der Waals surface area contributed by atoms with Crippen LogP contribution in [0, 0.1) is 0 Å². The third-order valence-electron chi connectivity index (χ3n) is 4.02. The van der Waals surface area contributed by atoms with Crippen molar-refractivity contribution in [2.24, 2.45) is 0 Å². The van der Waals surface area contributed by atoms with E-state index in [1.165, 1.54) is 40.6 Å². The van der Waals surface area contributed by atoms with E-state index in [9.17, 15) is 9.59 Å². The van der Waals surface area contributed by atoms with E-state index in [1.807, 2.05) is 18.2 Å². The number of fused-ring (bicyclic) bond motifs is 1. The molecule has 0 saturated carbocycles. The molecule has 1 aromatic rings. The largest absolute Gasteiger partial charge is 0.480 e. The molecule has 1 amide bonds. The first-order chi connectivity index (χ1) is 9.66. The van der Waals surface area contributed by atoms with E-state index in [4.69, 9.17) is 5.11 Å². The summed E-state index contributed by atoms with van der Waals surface area (Å²) in [6, 6.07) is 5.14. The molecule has 20 heavy (non-hydrogen) atoms. The fourth-order valence-corrected chi connectivity index (χ4v) is 4.02. The molecule has 1 aromatic carbocycles. The Bertz CT molecular complexity index is 558. The molecule has 1 fully saturated rings. The van der Waals surface area contributed by atoms with Gasteiger partial charge >= 0.3 is 5.97 Å². The Kier molecular flexibility index (Phi) is 3.70. The van der Waals surface area contributed by atoms with Gasteiger partial charge in [-0.1, -0.05) is 6.07 Å². The second-order valence-electron chi connectivity index (χ2n) is 5.32. The fraction of sp³-hybridized carbons (Fsp3) is 0.467. The zero-order valence-electron chi connectivity index (χ0n) is 11.2. The van der Waals surface area contributed by atoms with Crippen molar-refractivity contribution in [2.75, 3.05) is 11.6 Å². The summed E-state index contributed by atoms with van der Waals surface area (Å²) < 4.78 is 0. The van der Waals surface area contributed by atoms with Crippen LogP contribution in [-0.4, -0.2) is 39.6 Å². The van der Waals surface area contributed by atoms with E-state index in [1.54, 1.807) is 0 Å². The van der Waals surface area contributed by atoms with E-state index in [2.05, 4.69) is 0 Å². The molecule has 106 valence electrons. The Hall–Kier alpha value is -1.49. The molecule has 0 aromatic heterocycles. The number of aryl methyl sites for hydroxylation is 2. The molecule has 1 aliphatic carbocycles. The maximum Gasteiger partial charge on any atom is 0.327 e. The Morgan fingerprint density at radius 3 is 2.70 bits per heavy atom. The summed E-state index contributed by atoms with van der Waals surface area (Å²) >= 11 is 1.49. The second kappa shape index (κ2) is 5.48. The third-order valence-corrected chi connectivity index (χ3v) is 5.04. The molecular weight excluding hydrogens is 274 g/mol. The van der Waals surface area contributed by atoms with Crippen molar-refractivity contribution in [1.82, 2.24) is 4.90 Å². The van der Waals surface area contributed by atoms with E-state index in [-0.39, 0.29) is 5.91 Å². The summed E-state index contributed by atoms with van der Waals surface area (Å²) in [5.41, 5.74) is 3.21. The average Bonchev–Trinajstić information content (AvgIpc) is 2.95. The van der Waals surface area contributed by atoms with Gasteiger partial charge in [0.15, 0.2) is 0 Å². The molecule has 0 spiro atoms. The minimum absolute atomic E-state index is 0.157. The SMILES string of the molecule is O=C(O)C1CSCN1C(=O)c1ccc2c(c1)CCCC2. The lowest BCUT2D eigenvalue weighted by molar-refractivity contribution is -0.140. The van der Waals surface area contributed by atoms with Gasteiger partial charge in [-0.2, -0.15) is 0 Å². The molecule has 1 saturated heterocycles. The van der Waals surface area contributed by atoms with E-state index in [0.29, 0.717) is 17.2 Å². The Morgan fingerprint density at radius 2 is 1.95 bits per heavy atom. The molecule has 1 aliphatic heterocycles. The molecule has 1 heterocycles. The van der Waals surface area contributed by atoms with Crippen molar-refractivity contribution in [3.8, 4) is 0 Å². The number of carbonyl (C=O) groups excluding carboxylic acids is 1. The summed E-state index contributed by atoms with van der Waals surface area (Å²) in [5.74, 6) is -0.129. The minimum atomic E-state index is -0.915. The van der Waals surface area contributed by atoms with Gasteiger partial charge < -0.3 is 10.0 Å². The van der Waals surface area contributed by atoms with Crippen molar-refractivity contribution in [3.63, 3.8) is 0 Å². The van der Waals surface area contributed by atoms with E-state index < -0.39 is 12.0 Å². The second-order valence-corrected chi connectivity index (χ2v) is 6.32. The van der Waals surface area contributed by atoms with Crippen LogP contribution in [0.3, 0.4) is 0 Å². The van der Waals surface area contributed by atoms with Gasteiger partial charge in [0, 0.05) is 11.3 Å². The van der Waals surface area contributed by atoms with Gasteiger partial charge in [0.1, 0.15) is 6.04 Å². The molecule has 3 rings (SSSR count). The first kappa shape index (κ1) is 13.5. The van der Waals surface area contributed by atoms with Crippen LogP contribution < -0.4 is 0 Å². The molecule has 5 heteroatoms. The van der Waals surface area contributed by atoms with Crippen LogP contribution in [0.1, 0.15) is 34.3 Å². The highest BCUT2D eigenvalue weighted by atomic mass is 32.2. The Morgan fingerprint density at radius 1 is 1.20 bits per heavy atom. The number of hydrogen-bond acceptors (Lipinski definition) is 3. The van der Waals surface area contributed by atoms with Gasteiger partial charge in [-0.05, 0) is 48.9 Å². The molecule has 4 nitrogen and oxygen atoms in total. The summed E-state index contributed by atoms with van der Waals surface area (Å²) in [6.07, 6.45) is 4.49. The first-order valence-electron chi connectivity index (χ1n) is 6.90. The topological polar surface area (TPSA) is 57.6 Å². The summed E-state index contributed by atoms with van der Waals surface area (Å²) in [4.78, 5) is 25.1. The maximum atomic E-state index is 12.5. The molecule has 2 aliphatic rings. The third kappa shape index (κ3) is 2.42. The van der Waals surface area contributed by atoms with Gasteiger partial charge in [-0.3, -0.25) is 4.79 Å². The van der Waals surface area contributed by atoms with Gasteiger partial charge in [-0.15, -0.1) is 11.8 Å². The van der Waals surface area contributed by atoms with Crippen molar-refractivity contribution in [1.29, 1.82) is 0 Å². The number of amides is 1. The Labute approximate surface area is 122 Å². The first-order valence-corrected chi connectivity index (χ1v) is 8.05. The number of rotatable bonds is 2. The van der Waals surface area contributed by atoms with Crippen LogP contribution in [0.4, 0.5) is 0 Å². The van der Waals surface area contributed by atoms with Crippen molar-refractivity contribution < 1.29 is 14.7 Å². The van der Waals surface area contributed by atoms with Crippen molar-refractivity contribution in [3.05, 3.63) is 34.9 Å². The van der Waals surface area contributed by atoms with Gasteiger partial charge in [0.05, 0.1) is 5.88 Å². The number of thioether (sulfide) groups is 1. The van der Waals surface area contributed by atoms with Crippen LogP contribution >= 0.6 is 11.8 Å². The quantitative estimate of drug-likeness (QED) is 0.907. The van der Waals surface area contributed by atoms with Crippen LogP contribution in [0.15, 0.2) is 18.2 Å². The van der Waals surface area contributed by atoms with Crippen molar-refractivity contribution in [2.45, 2.75) is 31.7 Å². The molecule has 1 unspecified atom stereocenters. The predicted octanol–water partition coefficient (Wildman–Crippen LogP) is 2.17. The number of aliphatic carboxylic acids is 1. The van der Waals surface area contributed by atoms with Crippen LogP contribution in [-0.2, 0) is 17.6 Å². The number of nitrogens with zero attached hydrogens (tertiary/aromatic N) is 1. The van der Waals surface area contributed by atoms with Gasteiger partial charge in [0.25, 0.3) is 5.91 Å². The fourth-order valence-electron chi connectivity index (χ4n) is 2.88. The monoisotopic (exact) mass is 291 g/mol. The highest BCUT2D eigenvalue weighted by Gasteiger charge is 2.35. The highest BCUT2D eigenvalue weighted by Crippen LogP contribution is 2.26. The lowest BCUT2D eigenvalue weighted by Gasteiger charge is -2.22. The molecule has 0 radical (unpaired) electrons. The summed E-state index contributed by atoms with van der Waals surface area (Å²) in [6.45, 7) is 0. The number of carbonyl (C=O) groups is 2. The maximum absolute atomic E-state index is 12.5. The number of carboxylic acid groups (broad SMARTS) is 1. The lowest BCUT2D eigenvalue weighted by atomic mass is 9.90. The van der Waals surface area contributed by atoms with Crippen LogP contribution in [0.25, 0.3) is 0 Å². The number of carboxylic acids is 1. The zero-order chi connectivity index (χ0) is 14.1. The van der Waals surface area contributed by atoms with E-state index in [0.717, 1.165) is 12.8 Å². The molecule has 0 bridgehead atoms. The van der Waals surface area contributed by atoms with Crippen molar-refractivity contribution >= 4 is 23.6 Å². The normalized spacial score (nSPS) is 21.6. The van der Waals surface area contributed by atoms with Crippen LogP contribution in [0.2, 0.25) is 0 Å². The number of benzene rings is 1. The lowest BCUT2D eigenvalue weighted by Crippen LogP contribution is -2.41. The minimum Gasteiger partial charge on any atom is -0.480 e. The Balaban J connectivity index is 1.85. The summed E-state index contributed by atoms with van der Waals surface area (Å²) in [5, 5.41) is 9.16. The molecule has 1 N–H and O–H groups in total. The number of hydrogen-bond donors (Lipinski definition) is 1. The highest BCUT2D eigenvalue weighted by molar-refractivity contribution is 7.99. The summed E-state index contributed by atoms with van der Waals surface area (Å²) in [7, 11) is 0. The van der Waals surface area contributed by atoms with Gasteiger partial charge in [-0.25, -0.2) is 4.79 Å². The molecule has 1 atom stereocenters. The zero-order valence-corrected chi connectivity index (χ0v) is 12.0. The van der Waals surface area contributed by atoms with Crippen LogP contribution in [0.5, 0.6) is 0 Å². The smallest absolute Gasteiger partial charge is 0.327 e.